The van der Waals surface area contributed by atoms with Gasteiger partial charge in [-0.25, -0.2) is 0 Å². The van der Waals surface area contributed by atoms with Crippen LogP contribution in [0.25, 0.3) is 88.7 Å². The third-order valence-electron chi connectivity index (χ3n) is 13.1. The Kier molecular flexibility index (Phi) is 8.82. The Morgan fingerprint density at radius 3 is 1.44 bits per heavy atom. The highest BCUT2D eigenvalue weighted by molar-refractivity contribution is 6.99. The van der Waals surface area contributed by atoms with Crippen LogP contribution in [0.3, 0.4) is 0 Å². The van der Waals surface area contributed by atoms with Crippen LogP contribution in [-0.4, -0.2) is 11.3 Å². The molecule has 9 aromatic carbocycles. The second-order valence-corrected chi connectivity index (χ2v) is 16.7. The summed E-state index contributed by atoms with van der Waals surface area (Å²) in [7, 11) is 0. The number of aromatic nitrogens is 1. The van der Waals surface area contributed by atoms with Crippen LogP contribution >= 0.6 is 0 Å². The Labute approximate surface area is 363 Å². The smallest absolute Gasteiger partial charge is 0.248 e. The van der Waals surface area contributed by atoms with E-state index in [0.29, 0.717) is 0 Å². The van der Waals surface area contributed by atoms with Crippen molar-refractivity contribution >= 4 is 50.5 Å². The molecule has 0 fully saturated rings. The molecule has 0 unspecified atom stereocenters. The van der Waals surface area contributed by atoms with E-state index in [9.17, 15) is 0 Å². The van der Waals surface area contributed by atoms with E-state index in [2.05, 4.69) is 235 Å². The van der Waals surface area contributed by atoms with E-state index in [1.54, 1.807) is 0 Å². The van der Waals surface area contributed by atoms with Crippen molar-refractivity contribution in [1.82, 2.24) is 4.57 Å². The molecule has 0 bridgehead atoms. The van der Waals surface area contributed by atoms with Crippen LogP contribution < -0.4 is 16.4 Å². The van der Waals surface area contributed by atoms with E-state index in [1.807, 2.05) is 0 Å². The number of nitrogens with zero attached hydrogens (tertiary/aromatic N) is 1. The molecule has 1 aliphatic heterocycles. The molecule has 62 heavy (non-hydrogen) atoms. The molecule has 12 rings (SSSR count). The summed E-state index contributed by atoms with van der Waals surface area (Å²) in [5, 5.41) is 2.53. The van der Waals surface area contributed by atoms with Crippen molar-refractivity contribution < 1.29 is 0 Å². The zero-order chi connectivity index (χ0) is 41.0. The van der Waals surface area contributed by atoms with E-state index in [0.717, 1.165) is 12.8 Å². The third kappa shape index (κ3) is 6.10. The van der Waals surface area contributed by atoms with Crippen LogP contribution in [0.5, 0.6) is 0 Å². The van der Waals surface area contributed by atoms with Crippen LogP contribution in [0.4, 0.5) is 0 Å². The van der Waals surface area contributed by atoms with Gasteiger partial charge in [-0.15, -0.1) is 0 Å². The fourth-order valence-corrected chi connectivity index (χ4v) is 10.2. The molecule has 2 heteroatoms. The highest BCUT2D eigenvalue weighted by Gasteiger charge is 2.38. The van der Waals surface area contributed by atoms with Crippen molar-refractivity contribution in [3.63, 3.8) is 0 Å². The van der Waals surface area contributed by atoms with E-state index in [4.69, 9.17) is 0 Å². The standard InChI is InChI=1S/C60H42BN/c1-7-19-41(20-8-1)47-31-33-57-53(35-47)54-38-50(44-25-13-4-14-26-44)40-56-60(54)62(57)58-34-32-48(42-21-9-2-10-22-42)39-55(58)61(56)59-51(45-27-15-5-16-28-45)36-49(43-23-11-3-12-24-43)37-52(59)46-29-17-6-18-30-46/h1-2,4-11,13-40H,3,12H2. The number of benzene rings is 9. The third-order valence-corrected chi connectivity index (χ3v) is 13.1. The van der Waals surface area contributed by atoms with Crippen LogP contribution in [0.1, 0.15) is 18.4 Å². The molecule has 290 valence electrons. The molecule has 0 amide bonds. The second-order valence-electron chi connectivity index (χ2n) is 16.7. The summed E-state index contributed by atoms with van der Waals surface area (Å²) < 4.78 is 2.57. The number of allylic oxidation sites excluding steroid dienone is 4. The molecular formula is C60H42BN. The molecule has 0 spiro atoms. The lowest BCUT2D eigenvalue weighted by Gasteiger charge is -2.31. The molecule has 1 nitrogen and oxygen atoms in total. The largest absolute Gasteiger partial charge is 0.310 e. The first-order chi connectivity index (χ1) is 30.8. The SMILES string of the molecule is C1=CC(c2cc(-c3ccccc3)c(B3c4cc(-c5ccccc5)ccc4-n4c5ccc(-c6ccccc6)cc5c5cc(-c6ccccc6)cc3c54)c(-c3ccccc3)c2)=CCC1. The maximum absolute atomic E-state index is 2.57. The van der Waals surface area contributed by atoms with Gasteiger partial charge in [0.05, 0.1) is 5.52 Å². The van der Waals surface area contributed by atoms with Crippen LogP contribution in [0, 0.1) is 0 Å². The average Bonchev–Trinajstić information content (AvgIpc) is 3.69. The Hall–Kier alpha value is -7.68. The van der Waals surface area contributed by atoms with Gasteiger partial charge in [-0.3, -0.25) is 0 Å². The lowest BCUT2D eigenvalue weighted by molar-refractivity contribution is 1.04. The van der Waals surface area contributed by atoms with Crippen molar-refractivity contribution in [2.24, 2.45) is 0 Å². The van der Waals surface area contributed by atoms with E-state index < -0.39 is 0 Å². The zero-order valence-corrected chi connectivity index (χ0v) is 34.4. The summed E-state index contributed by atoms with van der Waals surface area (Å²) >= 11 is 0. The zero-order valence-electron chi connectivity index (χ0n) is 34.4. The predicted octanol–water partition coefficient (Wildman–Crippen LogP) is 13.7. The average molecular weight is 788 g/mol. The number of hydrogen-bond acceptors (Lipinski definition) is 0. The monoisotopic (exact) mass is 787 g/mol. The van der Waals surface area contributed by atoms with E-state index in [1.165, 1.54) is 111 Å². The first kappa shape index (κ1) is 36.2. The normalized spacial score (nSPS) is 13.0. The van der Waals surface area contributed by atoms with Gasteiger partial charge in [0.2, 0.25) is 6.71 Å². The predicted molar refractivity (Wildman–Crippen MR) is 265 cm³/mol. The van der Waals surface area contributed by atoms with Crippen molar-refractivity contribution in [3.8, 4) is 61.3 Å². The quantitative estimate of drug-likeness (QED) is 0.142. The van der Waals surface area contributed by atoms with Gasteiger partial charge in [0.15, 0.2) is 0 Å². The van der Waals surface area contributed by atoms with Gasteiger partial charge < -0.3 is 4.57 Å². The number of rotatable bonds is 7. The molecule has 0 saturated carbocycles. The fourth-order valence-electron chi connectivity index (χ4n) is 10.2. The Morgan fingerprint density at radius 2 is 0.871 bits per heavy atom. The van der Waals surface area contributed by atoms with Gasteiger partial charge in [0.1, 0.15) is 0 Å². The molecule has 0 saturated heterocycles. The summed E-state index contributed by atoms with van der Waals surface area (Å²) in [6.45, 7) is -0.111. The molecule has 0 radical (unpaired) electrons. The highest BCUT2D eigenvalue weighted by atomic mass is 15.0. The van der Waals surface area contributed by atoms with Crippen molar-refractivity contribution in [3.05, 3.63) is 236 Å². The van der Waals surface area contributed by atoms with Crippen LogP contribution in [0.15, 0.2) is 231 Å². The first-order valence-electron chi connectivity index (χ1n) is 21.9. The lowest BCUT2D eigenvalue weighted by atomic mass is 9.33. The molecule has 0 N–H and O–H groups in total. The van der Waals surface area contributed by atoms with Gasteiger partial charge >= 0.3 is 0 Å². The van der Waals surface area contributed by atoms with Gasteiger partial charge in [0.25, 0.3) is 0 Å². The maximum Gasteiger partial charge on any atom is 0.248 e. The maximum atomic E-state index is 2.57. The van der Waals surface area contributed by atoms with E-state index >= 15 is 0 Å². The lowest BCUT2D eigenvalue weighted by Crippen LogP contribution is -2.57. The van der Waals surface area contributed by atoms with Crippen LogP contribution in [-0.2, 0) is 0 Å². The minimum Gasteiger partial charge on any atom is -0.310 e. The molecule has 2 heterocycles. The summed E-state index contributed by atoms with van der Waals surface area (Å²) in [5.41, 5.74) is 22.5. The Morgan fingerprint density at radius 1 is 0.371 bits per heavy atom. The Balaban J connectivity index is 1.25. The Bertz CT molecular complexity index is 3300. The van der Waals surface area contributed by atoms with Crippen molar-refractivity contribution in [1.29, 1.82) is 0 Å². The minimum atomic E-state index is -0.111. The first-order valence-corrected chi connectivity index (χ1v) is 21.9. The molecular weight excluding hydrogens is 745 g/mol. The molecule has 1 aliphatic carbocycles. The van der Waals surface area contributed by atoms with Crippen molar-refractivity contribution in [2.45, 2.75) is 12.8 Å². The minimum absolute atomic E-state index is 0.111. The van der Waals surface area contributed by atoms with E-state index in [-0.39, 0.29) is 6.71 Å². The molecule has 0 atom stereocenters. The van der Waals surface area contributed by atoms with Gasteiger partial charge in [-0.05, 0) is 127 Å². The number of hydrogen-bond donors (Lipinski definition) is 0. The second kappa shape index (κ2) is 15.1. The van der Waals surface area contributed by atoms with Gasteiger partial charge in [0, 0.05) is 22.0 Å². The van der Waals surface area contributed by atoms with Crippen LogP contribution in [0.2, 0.25) is 0 Å². The topological polar surface area (TPSA) is 4.93 Å². The van der Waals surface area contributed by atoms with Gasteiger partial charge in [-0.1, -0.05) is 200 Å². The fraction of sp³-hybridized carbons (Fsp3) is 0.0333. The summed E-state index contributed by atoms with van der Waals surface area (Å²) in [5.74, 6) is 0. The summed E-state index contributed by atoms with van der Waals surface area (Å²) in [6, 6.07) is 79.0. The molecule has 10 aromatic rings. The van der Waals surface area contributed by atoms with Crippen molar-refractivity contribution in [2.75, 3.05) is 0 Å². The summed E-state index contributed by atoms with van der Waals surface area (Å²) in [6.07, 6.45) is 9.18. The summed E-state index contributed by atoms with van der Waals surface area (Å²) in [4.78, 5) is 0. The highest BCUT2D eigenvalue weighted by Crippen LogP contribution is 2.40. The molecule has 1 aromatic heterocycles. The number of fused-ring (bicyclic) bond motifs is 5. The molecule has 2 aliphatic rings. The van der Waals surface area contributed by atoms with Gasteiger partial charge in [-0.2, -0.15) is 0 Å².